The molecule has 0 saturated heterocycles. The van der Waals surface area contributed by atoms with Gasteiger partial charge < -0.3 is 20.3 Å². The molecule has 0 fully saturated rings. The van der Waals surface area contributed by atoms with Crippen molar-refractivity contribution in [2.75, 3.05) is 13.2 Å². The Kier molecular flexibility index (Phi) is 71.9. The second-order valence-corrected chi connectivity index (χ2v) is 26.3. The highest BCUT2D eigenvalue weighted by Crippen LogP contribution is 2.19. The molecule has 0 bridgehead atoms. The molecular weight excluding hydrogens is 1030 g/mol. The third kappa shape index (κ3) is 69.2. The zero-order valence-electron chi connectivity index (χ0n) is 56.9. The van der Waals surface area contributed by atoms with E-state index in [1.807, 2.05) is 6.08 Å². The summed E-state index contributed by atoms with van der Waals surface area (Å²) in [5.74, 6) is -0.0481. The molecule has 0 aromatic carbocycles. The van der Waals surface area contributed by atoms with Crippen molar-refractivity contribution in [1.82, 2.24) is 5.32 Å². The average Bonchev–Trinajstić information content (AvgIpc) is 3.50. The summed E-state index contributed by atoms with van der Waals surface area (Å²) in [5.41, 5.74) is 0. The average molecular weight is 1180 g/mol. The van der Waals surface area contributed by atoms with Crippen molar-refractivity contribution in [2.24, 2.45) is 0 Å². The van der Waals surface area contributed by atoms with Crippen molar-refractivity contribution in [3.8, 4) is 0 Å². The predicted molar refractivity (Wildman–Crippen MR) is 370 cm³/mol. The third-order valence-electron chi connectivity index (χ3n) is 17.9. The van der Waals surface area contributed by atoms with E-state index >= 15 is 0 Å². The van der Waals surface area contributed by atoms with Crippen LogP contribution in [-0.4, -0.2) is 47.4 Å². The van der Waals surface area contributed by atoms with Crippen molar-refractivity contribution in [3.63, 3.8) is 0 Å². The maximum atomic E-state index is 12.5. The van der Waals surface area contributed by atoms with Gasteiger partial charge in [0.25, 0.3) is 0 Å². The number of ether oxygens (including phenoxy) is 1. The Morgan fingerprint density at radius 3 is 0.869 bits per heavy atom. The first kappa shape index (κ1) is 82.1. The Hall–Kier alpha value is -1.92. The summed E-state index contributed by atoms with van der Waals surface area (Å²) in [7, 11) is 0. The first-order chi connectivity index (χ1) is 41.5. The Morgan fingerprint density at radius 2 is 0.560 bits per heavy atom. The van der Waals surface area contributed by atoms with Crippen LogP contribution in [-0.2, 0) is 14.3 Å². The van der Waals surface area contributed by atoms with Gasteiger partial charge in [0, 0.05) is 12.8 Å². The van der Waals surface area contributed by atoms with E-state index in [4.69, 9.17) is 4.74 Å². The van der Waals surface area contributed by atoms with Gasteiger partial charge in [-0.25, -0.2) is 0 Å². The molecule has 0 radical (unpaired) electrons. The molecule has 0 aliphatic heterocycles. The second kappa shape index (κ2) is 73.5. The molecule has 0 saturated carbocycles. The maximum absolute atomic E-state index is 12.5. The number of carbonyl (C=O) groups is 2. The van der Waals surface area contributed by atoms with E-state index in [2.05, 4.69) is 43.5 Å². The van der Waals surface area contributed by atoms with Crippen molar-refractivity contribution in [3.05, 3.63) is 36.5 Å². The third-order valence-corrected chi connectivity index (χ3v) is 17.9. The highest BCUT2D eigenvalue weighted by Gasteiger charge is 2.18. The second-order valence-electron chi connectivity index (χ2n) is 26.3. The van der Waals surface area contributed by atoms with Crippen molar-refractivity contribution in [1.29, 1.82) is 0 Å². The van der Waals surface area contributed by atoms with E-state index in [0.717, 1.165) is 44.9 Å². The van der Waals surface area contributed by atoms with Crippen molar-refractivity contribution >= 4 is 11.9 Å². The van der Waals surface area contributed by atoms with Crippen LogP contribution in [0.25, 0.3) is 0 Å². The number of hydrogen-bond acceptors (Lipinski definition) is 5. The van der Waals surface area contributed by atoms with Crippen LogP contribution in [0.4, 0.5) is 0 Å². The number of aliphatic hydroxyl groups excluding tert-OH is 2. The molecule has 0 aliphatic rings. The SMILES string of the molecule is CCCCC/C=C\CCCCCCCC(=O)OCCCCCCCCCCCCCCCCCCCC/C=C\CCCCCCCCCCCCCCCCCCCC(=O)NC(CO)C(O)/C=C/CCCCCCCCCCCCCCCC. The van der Waals surface area contributed by atoms with Gasteiger partial charge in [-0.1, -0.05) is 365 Å². The number of aliphatic hydroxyl groups is 2. The molecule has 0 aromatic heterocycles. The van der Waals surface area contributed by atoms with Crippen LogP contribution in [0.3, 0.4) is 0 Å². The number of hydrogen-bond donors (Lipinski definition) is 3. The Labute approximate surface area is 525 Å². The summed E-state index contributed by atoms with van der Waals surface area (Å²) in [4.78, 5) is 24.5. The summed E-state index contributed by atoms with van der Waals surface area (Å²) in [5, 5.41) is 23.2. The fourth-order valence-corrected chi connectivity index (χ4v) is 12.0. The van der Waals surface area contributed by atoms with Crippen LogP contribution in [0.5, 0.6) is 0 Å². The zero-order valence-corrected chi connectivity index (χ0v) is 56.9. The normalized spacial score (nSPS) is 12.7. The Morgan fingerprint density at radius 1 is 0.321 bits per heavy atom. The van der Waals surface area contributed by atoms with E-state index in [-0.39, 0.29) is 18.5 Å². The lowest BCUT2D eigenvalue weighted by molar-refractivity contribution is -0.143. The lowest BCUT2D eigenvalue weighted by atomic mass is 10.0. The monoisotopic (exact) mass is 1180 g/mol. The van der Waals surface area contributed by atoms with Gasteiger partial charge >= 0.3 is 5.97 Å². The highest BCUT2D eigenvalue weighted by atomic mass is 16.5. The number of rotatable bonds is 72. The van der Waals surface area contributed by atoms with Crippen LogP contribution in [0.15, 0.2) is 36.5 Å². The number of nitrogens with one attached hydrogen (secondary N) is 1. The van der Waals surface area contributed by atoms with Gasteiger partial charge in [0.2, 0.25) is 5.91 Å². The molecule has 6 heteroatoms. The smallest absolute Gasteiger partial charge is 0.305 e. The molecule has 84 heavy (non-hydrogen) atoms. The fourth-order valence-electron chi connectivity index (χ4n) is 12.0. The van der Waals surface area contributed by atoms with E-state index in [0.29, 0.717) is 19.4 Å². The maximum Gasteiger partial charge on any atom is 0.305 e. The van der Waals surface area contributed by atoms with Crippen LogP contribution in [0.1, 0.15) is 425 Å². The molecule has 0 aromatic rings. The minimum Gasteiger partial charge on any atom is -0.466 e. The molecule has 1 amide bonds. The van der Waals surface area contributed by atoms with Gasteiger partial charge in [-0.15, -0.1) is 0 Å². The van der Waals surface area contributed by atoms with E-state index in [1.54, 1.807) is 6.08 Å². The van der Waals surface area contributed by atoms with Gasteiger partial charge in [0.05, 0.1) is 25.4 Å². The van der Waals surface area contributed by atoms with Crippen LogP contribution in [0.2, 0.25) is 0 Å². The van der Waals surface area contributed by atoms with Crippen molar-refractivity contribution in [2.45, 2.75) is 437 Å². The summed E-state index contributed by atoms with van der Waals surface area (Å²) < 4.78 is 5.48. The van der Waals surface area contributed by atoms with E-state index < -0.39 is 12.1 Å². The summed E-state index contributed by atoms with van der Waals surface area (Å²) in [6.07, 6.45) is 95.5. The van der Waals surface area contributed by atoms with Gasteiger partial charge in [0.1, 0.15) is 0 Å². The molecule has 3 N–H and O–H groups in total. The molecule has 0 aliphatic carbocycles. The molecule has 496 valence electrons. The Bertz CT molecular complexity index is 1360. The zero-order chi connectivity index (χ0) is 60.6. The molecular formula is C78H149NO5. The Balaban J connectivity index is 3.34. The molecule has 0 rings (SSSR count). The molecule has 2 atom stereocenters. The minimum atomic E-state index is -0.841. The predicted octanol–water partition coefficient (Wildman–Crippen LogP) is 25.0. The minimum absolute atomic E-state index is 0.0125. The number of unbranched alkanes of at least 4 members (excludes halogenated alkanes) is 57. The lowest BCUT2D eigenvalue weighted by Gasteiger charge is -2.20. The molecule has 6 nitrogen and oxygen atoms in total. The molecule has 0 heterocycles. The lowest BCUT2D eigenvalue weighted by Crippen LogP contribution is -2.45. The standard InChI is InChI=1S/C78H149NO5/c1-3-5-7-9-11-13-15-17-18-44-47-50-54-58-62-66-70-76(81)75(74-80)79-77(82)71-67-63-59-55-51-48-45-42-40-38-36-34-32-30-28-26-24-22-20-19-21-23-25-27-29-31-33-35-37-39-41-43-46-49-53-57-61-65-69-73-84-78(83)72-68-64-60-56-52-16-14-12-10-8-6-4-2/h12,14,19-20,66,70,75-76,80-81H,3-11,13,15-18,21-65,67-69,71-74H2,1-2H3,(H,79,82)/b14-12-,20-19-,70-66+. The number of esters is 1. The van der Waals surface area contributed by atoms with Gasteiger partial charge in [-0.3, -0.25) is 9.59 Å². The highest BCUT2D eigenvalue weighted by molar-refractivity contribution is 5.76. The number of carbonyl (C=O) groups excluding carboxylic acids is 2. The summed E-state index contributed by atoms with van der Waals surface area (Å²) in [6, 6.07) is -0.624. The largest absolute Gasteiger partial charge is 0.466 e. The fraction of sp³-hybridized carbons (Fsp3) is 0.897. The van der Waals surface area contributed by atoms with Crippen LogP contribution >= 0.6 is 0 Å². The number of allylic oxidation sites excluding steroid dienone is 5. The van der Waals surface area contributed by atoms with Crippen molar-refractivity contribution < 1.29 is 24.5 Å². The van der Waals surface area contributed by atoms with Crippen LogP contribution in [0, 0.1) is 0 Å². The van der Waals surface area contributed by atoms with E-state index in [9.17, 15) is 19.8 Å². The van der Waals surface area contributed by atoms with Gasteiger partial charge in [-0.2, -0.15) is 0 Å². The van der Waals surface area contributed by atoms with Crippen LogP contribution < -0.4 is 5.32 Å². The van der Waals surface area contributed by atoms with Gasteiger partial charge in [-0.05, 0) is 83.5 Å². The molecule has 2 unspecified atom stereocenters. The topological polar surface area (TPSA) is 95.9 Å². The molecule has 0 spiro atoms. The first-order valence-electron chi connectivity index (χ1n) is 38.3. The summed E-state index contributed by atoms with van der Waals surface area (Å²) >= 11 is 0. The quantitative estimate of drug-likeness (QED) is 0.0320. The van der Waals surface area contributed by atoms with E-state index in [1.165, 1.54) is 353 Å². The summed E-state index contributed by atoms with van der Waals surface area (Å²) in [6.45, 7) is 4.91. The van der Waals surface area contributed by atoms with Gasteiger partial charge in [0.15, 0.2) is 0 Å². The number of amides is 1. The first-order valence-corrected chi connectivity index (χ1v) is 38.3.